The second kappa shape index (κ2) is 9.78. The Kier molecular flexibility index (Phi) is 7.13. The molecule has 2 aromatic carbocycles. The summed E-state index contributed by atoms with van der Waals surface area (Å²) in [7, 11) is 0. The van der Waals surface area contributed by atoms with E-state index in [4.69, 9.17) is 5.73 Å². The third kappa shape index (κ3) is 4.83. The molecule has 1 aliphatic rings. The van der Waals surface area contributed by atoms with Crippen LogP contribution in [0.2, 0.25) is 0 Å². The number of unbranched alkanes of at least 4 members (excludes halogenated alkanes) is 1. The van der Waals surface area contributed by atoms with E-state index in [0.717, 1.165) is 38.9 Å². The lowest BCUT2D eigenvalue weighted by atomic mass is 9.99. The van der Waals surface area contributed by atoms with Crippen LogP contribution in [-0.2, 0) is 6.54 Å². The molecule has 30 heavy (non-hydrogen) atoms. The fraction of sp³-hybridized carbons (Fsp3) is 0.304. The van der Waals surface area contributed by atoms with Gasteiger partial charge in [-0.05, 0) is 55.1 Å². The number of nitrogens with two attached hydrogens (primary N) is 1. The molecular weight excluding hydrogens is 400 g/mol. The Bertz CT molecular complexity index is 1150. The zero-order valence-electron chi connectivity index (χ0n) is 16.8. The van der Waals surface area contributed by atoms with Gasteiger partial charge in [-0.1, -0.05) is 36.4 Å². The molecule has 6 nitrogen and oxygen atoms in total. The largest absolute Gasteiger partial charge is 0.399 e. The molecule has 0 spiro atoms. The zero-order chi connectivity index (χ0) is 20.2. The lowest BCUT2D eigenvalue weighted by Gasteiger charge is -2.26. The Balaban J connectivity index is 0.00000256. The molecule has 7 heteroatoms. The first-order valence-corrected chi connectivity index (χ1v) is 10.1. The number of nitrogen functional groups attached to an aromatic ring is 1. The number of aryl methyl sites for hydroxylation is 1. The Labute approximate surface area is 181 Å². The molecule has 3 N–H and O–H groups in total. The van der Waals surface area contributed by atoms with Crippen molar-refractivity contribution in [1.29, 1.82) is 0 Å². The highest BCUT2D eigenvalue weighted by Crippen LogP contribution is 2.22. The smallest absolute Gasteiger partial charge is 0.328 e. The van der Waals surface area contributed by atoms with Crippen molar-refractivity contribution < 1.29 is 0 Å². The summed E-state index contributed by atoms with van der Waals surface area (Å²) in [5, 5.41) is 0.458. The molecule has 0 bridgehead atoms. The van der Waals surface area contributed by atoms with Gasteiger partial charge in [0.25, 0.3) is 5.56 Å². The molecule has 1 aliphatic heterocycles. The fourth-order valence-corrected chi connectivity index (χ4v) is 3.97. The van der Waals surface area contributed by atoms with Crippen LogP contribution >= 0.6 is 12.4 Å². The fourth-order valence-electron chi connectivity index (χ4n) is 3.97. The number of nitrogens with one attached hydrogen (secondary N) is 1. The van der Waals surface area contributed by atoms with E-state index >= 15 is 0 Å². The maximum atomic E-state index is 12.3. The number of rotatable bonds is 6. The maximum absolute atomic E-state index is 12.3. The van der Waals surface area contributed by atoms with Crippen molar-refractivity contribution >= 4 is 34.6 Å². The lowest BCUT2D eigenvalue weighted by molar-refractivity contribution is 0.292. The predicted octanol–water partition coefficient (Wildman–Crippen LogP) is 3.26. The highest BCUT2D eigenvalue weighted by molar-refractivity contribution is 5.85. The number of hydrogen-bond donors (Lipinski definition) is 2. The van der Waals surface area contributed by atoms with Crippen molar-refractivity contribution in [3.05, 3.63) is 81.0 Å². The summed E-state index contributed by atoms with van der Waals surface area (Å²) in [5.74, 6) is 0. The molecular formula is C23H27ClN4O2. The molecule has 0 saturated heterocycles. The lowest BCUT2D eigenvalue weighted by Crippen LogP contribution is -2.31. The average molecular weight is 427 g/mol. The van der Waals surface area contributed by atoms with Crippen LogP contribution in [-0.4, -0.2) is 34.1 Å². The van der Waals surface area contributed by atoms with Gasteiger partial charge in [0.15, 0.2) is 0 Å². The third-order valence-corrected chi connectivity index (χ3v) is 5.57. The highest BCUT2D eigenvalue weighted by Gasteiger charge is 2.13. The molecule has 2 heterocycles. The maximum Gasteiger partial charge on any atom is 0.328 e. The van der Waals surface area contributed by atoms with Crippen molar-refractivity contribution in [3.63, 3.8) is 0 Å². The van der Waals surface area contributed by atoms with Gasteiger partial charge in [-0.2, -0.15) is 0 Å². The summed E-state index contributed by atoms with van der Waals surface area (Å²) >= 11 is 0. The number of aromatic nitrogens is 2. The van der Waals surface area contributed by atoms with Gasteiger partial charge < -0.3 is 5.73 Å². The molecule has 0 saturated carbocycles. The normalized spacial score (nSPS) is 14.3. The monoisotopic (exact) mass is 426 g/mol. The van der Waals surface area contributed by atoms with E-state index in [1.165, 1.54) is 11.1 Å². The molecule has 4 rings (SSSR count). The number of fused-ring (bicyclic) bond motifs is 1. The first kappa shape index (κ1) is 21.9. The van der Waals surface area contributed by atoms with Crippen LogP contribution in [0.5, 0.6) is 0 Å². The van der Waals surface area contributed by atoms with Crippen LogP contribution in [0.4, 0.5) is 5.69 Å². The molecule has 0 fully saturated rings. The van der Waals surface area contributed by atoms with E-state index in [9.17, 15) is 9.59 Å². The highest BCUT2D eigenvalue weighted by atomic mass is 35.5. The van der Waals surface area contributed by atoms with Crippen molar-refractivity contribution in [2.75, 3.05) is 25.4 Å². The van der Waals surface area contributed by atoms with Gasteiger partial charge in [0.2, 0.25) is 0 Å². The number of nitrogens with zero attached hydrogens (tertiary/aromatic N) is 2. The Morgan fingerprint density at radius 1 is 1.00 bits per heavy atom. The minimum atomic E-state index is -0.386. The van der Waals surface area contributed by atoms with Gasteiger partial charge in [-0.15, -0.1) is 12.4 Å². The van der Waals surface area contributed by atoms with Crippen molar-refractivity contribution in [2.45, 2.75) is 25.8 Å². The average Bonchev–Trinajstić information content (AvgIpc) is 2.74. The molecule has 0 atom stereocenters. The SMILES string of the molecule is Cl.Nc1ccc2c(c1)c(=O)[nH]c(=O)n2CCCCN1CC=C(c2ccccc2)CC1. The quantitative estimate of drug-likeness (QED) is 0.468. The van der Waals surface area contributed by atoms with E-state index in [1.54, 1.807) is 22.8 Å². The molecule has 0 amide bonds. The standard InChI is InChI=1S/C23H26N4O2.ClH/c24-19-8-9-21-20(16-19)22(28)25-23(29)27(21)13-5-4-12-26-14-10-18(11-15-26)17-6-2-1-3-7-17;/h1-3,6-10,16H,4-5,11-15,24H2,(H,25,28,29);1H. The molecule has 0 aliphatic carbocycles. The van der Waals surface area contributed by atoms with Gasteiger partial charge in [-0.3, -0.25) is 19.2 Å². The van der Waals surface area contributed by atoms with Crippen molar-refractivity contribution in [3.8, 4) is 0 Å². The summed E-state index contributed by atoms with van der Waals surface area (Å²) < 4.78 is 1.64. The van der Waals surface area contributed by atoms with Gasteiger partial charge in [0.1, 0.15) is 0 Å². The Morgan fingerprint density at radius 3 is 2.50 bits per heavy atom. The van der Waals surface area contributed by atoms with E-state index in [1.807, 2.05) is 6.07 Å². The second-order valence-corrected chi connectivity index (χ2v) is 7.54. The van der Waals surface area contributed by atoms with Crippen LogP contribution in [0.15, 0.2) is 64.2 Å². The van der Waals surface area contributed by atoms with Gasteiger partial charge in [-0.25, -0.2) is 4.79 Å². The van der Waals surface area contributed by atoms with Crippen LogP contribution in [0.25, 0.3) is 16.5 Å². The molecule has 0 radical (unpaired) electrons. The Hall–Kier alpha value is -2.83. The number of aromatic amines is 1. The number of hydrogen-bond acceptors (Lipinski definition) is 4. The molecule has 0 unspecified atom stereocenters. The van der Waals surface area contributed by atoms with Crippen LogP contribution in [0.1, 0.15) is 24.8 Å². The molecule has 1 aromatic heterocycles. The first-order valence-electron chi connectivity index (χ1n) is 10.1. The van der Waals surface area contributed by atoms with E-state index in [-0.39, 0.29) is 23.7 Å². The topological polar surface area (TPSA) is 84.1 Å². The Morgan fingerprint density at radius 2 is 1.77 bits per heavy atom. The number of benzene rings is 2. The minimum Gasteiger partial charge on any atom is -0.399 e. The minimum absolute atomic E-state index is 0. The van der Waals surface area contributed by atoms with Gasteiger partial charge >= 0.3 is 5.69 Å². The summed E-state index contributed by atoms with van der Waals surface area (Å²) in [4.78, 5) is 29.1. The molecule has 3 aromatic rings. The van der Waals surface area contributed by atoms with E-state index in [2.05, 4.69) is 40.2 Å². The molecule has 158 valence electrons. The van der Waals surface area contributed by atoms with Crippen LogP contribution in [0.3, 0.4) is 0 Å². The van der Waals surface area contributed by atoms with E-state index < -0.39 is 0 Å². The van der Waals surface area contributed by atoms with Crippen LogP contribution in [0, 0.1) is 0 Å². The summed E-state index contributed by atoms with van der Waals surface area (Å²) in [5.41, 5.74) is 8.93. The van der Waals surface area contributed by atoms with Gasteiger partial charge in [0.05, 0.1) is 10.9 Å². The second-order valence-electron chi connectivity index (χ2n) is 7.54. The van der Waals surface area contributed by atoms with Crippen LogP contribution < -0.4 is 17.0 Å². The van der Waals surface area contributed by atoms with Crippen molar-refractivity contribution in [2.24, 2.45) is 0 Å². The zero-order valence-corrected chi connectivity index (χ0v) is 17.7. The predicted molar refractivity (Wildman–Crippen MR) is 125 cm³/mol. The number of anilines is 1. The van der Waals surface area contributed by atoms with Crippen molar-refractivity contribution in [1.82, 2.24) is 14.5 Å². The summed E-state index contributed by atoms with van der Waals surface area (Å²) in [6.45, 7) is 3.60. The number of halogens is 1. The van der Waals surface area contributed by atoms with E-state index in [0.29, 0.717) is 23.1 Å². The first-order chi connectivity index (χ1) is 14.1. The number of H-pyrrole nitrogens is 1. The summed E-state index contributed by atoms with van der Waals surface area (Å²) in [6.07, 6.45) is 5.26. The third-order valence-electron chi connectivity index (χ3n) is 5.57. The summed E-state index contributed by atoms with van der Waals surface area (Å²) in [6, 6.07) is 15.6. The van der Waals surface area contributed by atoms with Gasteiger partial charge in [0, 0.05) is 25.3 Å².